The minimum Gasteiger partial charge on any atom is -0.317 e. The highest BCUT2D eigenvalue weighted by Crippen LogP contribution is 2.24. The molecule has 2 aromatic rings. The summed E-state index contributed by atoms with van der Waals surface area (Å²) in [4.78, 5) is 12.6. The van der Waals surface area contributed by atoms with Gasteiger partial charge >= 0.3 is 0 Å². The van der Waals surface area contributed by atoms with Crippen molar-refractivity contribution in [3.8, 4) is 5.69 Å². The zero-order valence-electron chi connectivity index (χ0n) is 14.7. The Morgan fingerprint density at radius 1 is 1.25 bits per heavy atom. The van der Waals surface area contributed by atoms with E-state index < -0.39 is 0 Å². The molecule has 5 heteroatoms. The number of aromatic nitrogens is 2. The lowest BCUT2D eigenvalue weighted by Crippen LogP contribution is -2.35. The number of carbonyl (C=O) groups is 1. The molecule has 0 radical (unpaired) electrons. The van der Waals surface area contributed by atoms with Crippen molar-refractivity contribution < 1.29 is 4.79 Å². The molecule has 1 aliphatic rings. The highest BCUT2D eigenvalue weighted by Gasteiger charge is 2.23. The lowest BCUT2D eigenvalue weighted by Gasteiger charge is -2.21. The van der Waals surface area contributed by atoms with Crippen LogP contribution in [0.3, 0.4) is 0 Å². The number of nitrogens with one attached hydrogen (secondary N) is 2. The first-order valence-corrected chi connectivity index (χ1v) is 8.73. The zero-order chi connectivity index (χ0) is 17.1. The minimum atomic E-state index is 0.0788. The molecule has 128 valence electrons. The molecular weight excluding hydrogens is 300 g/mol. The molecule has 3 rings (SSSR count). The van der Waals surface area contributed by atoms with Crippen LogP contribution in [0.5, 0.6) is 0 Å². The summed E-state index contributed by atoms with van der Waals surface area (Å²) >= 11 is 0. The molecule has 24 heavy (non-hydrogen) atoms. The van der Waals surface area contributed by atoms with E-state index in [0.29, 0.717) is 5.92 Å². The van der Waals surface area contributed by atoms with Gasteiger partial charge in [-0.3, -0.25) is 4.79 Å². The molecule has 1 fully saturated rings. The van der Waals surface area contributed by atoms with Crippen LogP contribution in [0.15, 0.2) is 30.3 Å². The molecule has 1 amide bonds. The van der Waals surface area contributed by atoms with E-state index in [1.54, 1.807) is 0 Å². The standard InChI is InChI=1S/C19H26N4O/c1-13(2)17-12-18(21-19(24)15-8-10-20-11-9-15)23(22-17)16-6-4-14(3)5-7-16/h4-7,12-13,15,20H,8-11H2,1-3H3,(H,21,24). The summed E-state index contributed by atoms with van der Waals surface area (Å²) in [6, 6.07) is 10.2. The molecule has 1 saturated heterocycles. The van der Waals surface area contributed by atoms with E-state index in [0.717, 1.165) is 43.1 Å². The third-order valence-corrected chi connectivity index (χ3v) is 4.56. The van der Waals surface area contributed by atoms with Crippen LogP contribution in [0.1, 0.15) is 43.9 Å². The average molecular weight is 326 g/mol. The molecule has 1 aromatic carbocycles. The van der Waals surface area contributed by atoms with Gasteiger partial charge < -0.3 is 10.6 Å². The highest BCUT2D eigenvalue weighted by molar-refractivity contribution is 5.92. The number of anilines is 1. The predicted molar refractivity (Wildman–Crippen MR) is 96.6 cm³/mol. The van der Waals surface area contributed by atoms with E-state index >= 15 is 0 Å². The fourth-order valence-electron chi connectivity index (χ4n) is 2.97. The van der Waals surface area contributed by atoms with E-state index in [9.17, 15) is 4.79 Å². The number of aryl methyl sites for hydroxylation is 1. The molecule has 1 aliphatic heterocycles. The molecule has 0 atom stereocenters. The molecule has 2 N–H and O–H groups in total. The second kappa shape index (κ2) is 7.18. The van der Waals surface area contributed by atoms with Gasteiger partial charge in [0, 0.05) is 12.0 Å². The fraction of sp³-hybridized carbons (Fsp3) is 0.474. The number of hydrogen-bond donors (Lipinski definition) is 2. The van der Waals surface area contributed by atoms with Gasteiger partial charge in [0.1, 0.15) is 5.82 Å². The van der Waals surface area contributed by atoms with Gasteiger partial charge in [-0.15, -0.1) is 0 Å². The summed E-state index contributed by atoms with van der Waals surface area (Å²) in [6.07, 6.45) is 1.78. The van der Waals surface area contributed by atoms with Crippen LogP contribution in [0.25, 0.3) is 5.69 Å². The first-order valence-electron chi connectivity index (χ1n) is 8.73. The number of benzene rings is 1. The molecule has 2 heterocycles. The van der Waals surface area contributed by atoms with Crippen LogP contribution in [0.2, 0.25) is 0 Å². The zero-order valence-corrected chi connectivity index (χ0v) is 14.7. The molecule has 0 spiro atoms. The third-order valence-electron chi connectivity index (χ3n) is 4.56. The summed E-state index contributed by atoms with van der Waals surface area (Å²) in [5.74, 6) is 1.24. The van der Waals surface area contributed by atoms with Crippen molar-refractivity contribution in [3.63, 3.8) is 0 Å². The SMILES string of the molecule is Cc1ccc(-n2nc(C(C)C)cc2NC(=O)C2CCNCC2)cc1. The Bertz CT molecular complexity index is 697. The minimum absolute atomic E-state index is 0.0788. The summed E-state index contributed by atoms with van der Waals surface area (Å²) in [5, 5.41) is 11.1. The van der Waals surface area contributed by atoms with Crippen molar-refractivity contribution >= 4 is 11.7 Å². The molecule has 0 saturated carbocycles. The van der Waals surface area contributed by atoms with Crippen molar-refractivity contribution in [1.82, 2.24) is 15.1 Å². The van der Waals surface area contributed by atoms with Crippen molar-refractivity contribution in [2.24, 2.45) is 5.92 Å². The molecule has 5 nitrogen and oxygen atoms in total. The summed E-state index contributed by atoms with van der Waals surface area (Å²) in [7, 11) is 0. The summed E-state index contributed by atoms with van der Waals surface area (Å²) in [5.41, 5.74) is 3.15. The van der Waals surface area contributed by atoms with Crippen molar-refractivity contribution in [2.75, 3.05) is 18.4 Å². The van der Waals surface area contributed by atoms with E-state index in [1.165, 1.54) is 5.56 Å². The molecule has 1 aromatic heterocycles. The van der Waals surface area contributed by atoms with Gasteiger partial charge in [-0.1, -0.05) is 31.5 Å². The average Bonchev–Trinajstić information content (AvgIpc) is 3.00. The Morgan fingerprint density at radius 2 is 1.92 bits per heavy atom. The van der Waals surface area contributed by atoms with Crippen molar-refractivity contribution in [3.05, 3.63) is 41.6 Å². The normalized spacial score (nSPS) is 15.7. The van der Waals surface area contributed by atoms with E-state index in [2.05, 4.69) is 43.5 Å². The Hall–Kier alpha value is -2.14. The van der Waals surface area contributed by atoms with Crippen LogP contribution in [0, 0.1) is 12.8 Å². The van der Waals surface area contributed by atoms with Gasteiger partial charge in [0.25, 0.3) is 0 Å². The van der Waals surface area contributed by atoms with E-state index in [4.69, 9.17) is 5.10 Å². The van der Waals surface area contributed by atoms with Gasteiger partial charge in [-0.2, -0.15) is 5.10 Å². The maximum absolute atomic E-state index is 12.6. The molecule has 0 bridgehead atoms. The van der Waals surface area contributed by atoms with Gasteiger partial charge in [0.2, 0.25) is 5.91 Å². The van der Waals surface area contributed by atoms with Gasteiger partial charge in [0.15, 0.2) is 0 Å². The number of piperidine rings is 1. The fourth-order valence-corrected chi connectivity index (χ4v) is 2.97. The molecular formula is C19H26N4O. The Balaban J connectivity index is 1.87. The number of nitrogens with zero attached hydrogens (tertiary/aromatic N) is 2. The largest absolute Gasteiger partial charge is 0.317 e. The van der Waals surface area contributed by atoms with E-state index in [-0.39, 0.29) is 11.8 Å². The first-order chi connectivity index (χ1) is 11.5. The van der Waals surface area contributed by atoms with Gasteiger partial charge in [-0.25, -0.2) is 4.68 Å². The first kappa shape index (κ1) is 16.7. The monoisotopic (exact) mass is 326 g/mol. The number of hydrogen-bond acceptors (Lipinski definition) is 3. The summed E-state index contributed by atoms with van der Waals surface area (Å²) in [6.45, 7) is 8.10. The molecule has 0 aliphatic carbocycles. The van der Waals surface area contributed by atoms with Crippen LogP contribution in [0.4, 0.5) is 5.82 Å². The van der Waals surface area contributed by atoms with Crippen molar-refractivity contribution in [2.45, 2.75) is 39.5 Å². The topological polar surface area (TPSA) is 59.0 Å². The quantitative estimate of drug-likeness (QED) is 0.907. The number of carbonyl (C=O) groups excluding carboxylic acids is 1. The van der Waals surface area contributed by atoms with Gasteiger partial charge in [-0.05, 0) is 50.9 Å². The van der Waals surface area contributed by atoms with Crippen LogP contribution in [-0.2, 0) is 4.79 Å². The third kappa shape index (κ3) is 3.67. The Labute approximate surface area is 143 Å². The van der Waals surface area contributed by atoms with Gasteiger partial charge in [0.05, 0.1) is 11.4 Å². The predicted octanol–water partition coefficient (Wildman–Crippen LogP) is 3.24. The smallest absolute Gasteiger partial charge is 0.228 e. The lowest BCUT2D eigenvalue weighted by molar-refractivity contribution is -0.120. The lowest BCUT2D eigenvalue weighted by atomic mass is 9.97. The Morgan fingerprint density at radius 3 is 2.54 bits per heavy atom. The van der Waals surface area contributed by atoms with Crippen LogP contribution in [-0.4, -0.2) is 28.8 Å². The van der Waals surface area contributed by atoms with Crippen molar-refractivity contribution in [1.29, 1.82) is 0 Å². The van der Waals surface area contributed by atoms with Crippen LogP contribution < -0.4 is 10.6 Å². The number of amides is 1. The maximum Gasteiger partial charge on any atom is 0.228 e. The maximum atomic E-state index is 12.6. The second-order valence-corrected chi connectivity index (χ2v) is 6.87. The molecule has 0 unspecified atom stereocenters. The Kier molecular flexibility index (Phi) is 5.00. The second-order valence-electron chi connectivity index (χ2n) is 6.87. The number of rotatable bonds is 4. The van der Waals surface area contributed by atoms with E-state index in [1.807, 2.05) is 22.9 Å². The highest BCUT2D eigenvalue weighted by atomic mass is 16.2. The van der Waals surface area contributed by atoms with Crippen LogP contribution >= 0.6 is 0 Å². The summed E-state index contributed by atoms with van der Waals surface area (Å²) < 4.78 is 1.84.